The van der Waals surface area contributed by atoms with E-state index >= 15 is 0 Å². The number of sulfonamides is 1. The second kappa shape index (κ2) is 5.17. The topological polar surface area (TPSA) is 46.2 Å². The van der Waals surface area contributed by atoms with Crippen molar-refractivity contribution < 1.29 is 12.8 Å². The van der Waals surface area contributed by atoms with Gasteiger partial charge in [0.05, 0.1) is 0 Å². The zero-order chi connectivity index (χ0) is 13.2. The molecule has 0 saturated carbocycles. The maximum Gasteiger partial charge on any atom is 0.250 e. The Labute approximate surface area is 109 Å². The van der Waals surface area contributed by atoms with Crippen LogP contribution in [0.4, 0.5) is 4.39 Å². The van der Waals surface area contributed by atoms with E-state index in [1.807, 2.05) is 31.2 Å². The number of hydrogen-bond acceptors (Lipinski definition) is 3. The fourth-order valence-electron chi connectivity index (χ4n) is 1.40. The molecule has 0 spiro atoms. The molecule has 0 atom stereocenters. The van der Waals surface area contributed by atoms with Crippen LogP contribution in [-0.4, -0.2) is 8.42 Å². The Morgan fingerprint density at radius 3 is 2.39 bits per heavy atom. The van der Waals surface area contributed by atoms with Gasteiger partial charge in [0.2, 0.25) is 10.0 Å². The van der Waals surface area contributed by atoms with Crippen molar-refractivity contribution >= 4 is 21.4 Å². The fourth-order valence-corrected chi connectivity index (χ4v) is 3.46. The summed E-state index contributed by atoms with van der Waals surface area (Å²) in [6.07, 6.45) is 0. The van der Waals surface area contributed by atoms with Crippen LogP contribution in [0.15, 0.2) is 40.6 Å². The third kappa shape index (κ3) is 3.16. The minimum atomic E-state index is -3.62. The van der Waals surface area contributed by atoms with Crippen LogP contribution < -0.4 is 4.72 Å². The van der Waals surface area contributed by atoms with Crippen LogP contribution in [0.2, 0.25) is 0 Å². The molecule has 2 rings (SSSR count). The van der Waals surface area contributed by atoms with Crippen molar-refractivity contribution in [3.05, 3.63) is 52.7 Å². The number of benzene rings is 1. The third-order valence-electron chi connectivity index (χ3n) is 2.40. The molecule has 0 bridgehead atoms. The van der Waals surface area contributed by atoms with Gasteiger partial charge < -0.3 is 0 Å². The summed E-state index contributed by atoms with van der Waals surface area (Å²) in [6, 6.07) is 9.94. The van der Waals surface area contributed by atoms with Gasteiger partial charge in [-0.3, -0.25) is 0 Å². The van der Waals surface area contributed by atoms with Crippen molar-refractivity contribution in [2.45, 2.75) is 17.7 Å². The normalized spacial score (nSPS) is 11.7. The lowest BCUT2D eigenvalue weighted by Crippen LogP contribution is -2.22. The van der Waals surface area contributed by atoms with Crippen molar-refractivity contribution in [1.29, 1.82) is 0 Å². The molecule has 0 aliphatic rings. The maximum atomic E-state index is 12.8. The molecular weight excluding hydrogens is 273 g/mol. The Hall–Kier alpha value is -1.24. The van der Waals surface area contributed by atoms with Crippen molar-refractivity contribution in [3.63, 3.8) is 0 Å². The minimum Gasteiger partial charge on any atom is -0.206 e. The number of aryl methyl sites for hydroxylation is 1. The highest BCUT2D eigenvalue weighted by Gasteiger charge is 2.16. The van der Waals surface area contributed by atoms with Gasteiger partial charge in [-0.1, -0.05) is 41.2 Å². The average Bonchev–Trinajstić information content (AvgIpc) is 2.76. The number of hydrogen-bond donors (Lipinski definition) is 1. The second-order valence-corrected chi connectivity index (χ2v) is 6.90. The first-order chi connectivity index (χ1) is 8.47. The fraction of sp³-hybridized carbons (Fsp3) is 0.167. The van der Waals surface area contributed by atoms with Crippen LogP contribution in [0.25, 0.3) is 0 Å². The molecule has 3 nitrogen and oxygen atoms in total. The van der Waals surface area contributed by atoms with Gasteiger partial charge in [0.15, 0.2) is 5.13 Å². The smallest absolute Gasteiger partial charge is 0.206 e. The van der Waals surface area contributed by atoms with E-state index in [4.69, 9.17) is 0 Å². The molecule has 6 heteroatoms. The molecule has 1 heterocycles. The van der Waals surface area contributed by atoms with E-state index in [0.717, 1.165) is 17.2 Å². The lowest BCUT2D eigenvalue weighted by atomic mass is 10.2. The number of rotatable bonds is 4. The monoisotopic (exact) mass is 285 g/mol. The minimum absolute atomic E-state index is 0.00730. The first kappa shape index (κ1) is 13.2. The molecule has 0 aliphatic carbocycles. The van der Waals surface area contributed by atoms with Gasteiger partial charge in [-0.25, -0.2) is 13.1 Å². The van der Waals surface area contributed by atoms with Crippen LogP contribution >= 0.6 is 11.3 Å². The highest BCUT2D eigenvalue weighted by molar-refractivity contribution is 7.91. The molecule has 1 aromatic carbocycles. The van der Waals surface area contributed by atoms with E-state index < -0.39 is 15.2 Å². The van der Waals surface area contributed by atoms with Crippen LogP contribution in [-0.2, 0) is 16.6 Å². The standard InChI is InChI=1S/C12H12FNO2S2/c1-9-2-4-10(5-3-9)8-14-18(15,16)12-7-6-11(13)17-12/h2-7,14H,8H2,1H3. The molecule has 2 aromatic rings. The zero-order valence-corrected chi connectivity index (χ0v) is 11.3. The molecule has 1 aromatic heterocycles. The summed E-state index contributed by atoms with van der Waals surface area (Å²) in [6.45, 7) is 2.16. The highest BCUT2D eigenvalue weighted by atomic mass is 32.2. The van der Waals surface area contributed by atoms with Crippen LogP contribution in [0.3, 0.4) is 0 Å². The van der Waals surface area contributed by atoms with Gasteiger partial charge in [0.25, 0.3) is 0 Å². The van der Waals surface area contributed by atoms with E-state index in [1.165, 1.54) is 6.07 Å². The summed E-state index contributed by atoms with van der Waals surface area (Å²) in [5, 5.41) is -0.509. The molecule has 0 amide bonds. The van der Waals surface area contributed by atoms with Gasteiger partial charge in [-0.05, 0) is 24.6 Å². The molecule has 18 heavy (non-hydrogen) atoms. The summed E-state index contributed by atoms with van der Waals surface area (Å²) in [7, 11) is -3.62. The lowest BCUT2D eigenvalue weighted by molar-refractivity contribution is 0.583. The lowest BCUT2D eigenvalue weighted by Gasteiger charge is -2.05. The largest absolute Gasteiger partial charge is 0.250 e. The summed E-state index contributed by atoms with van der Waals surface area (Å²) in [4.78, 5) is 0. The first-order valence-corrected chi connectivity index (χ1v) is 7.58. The van der Waals surface area contributed by atoms with Gasteiger partial charge in [0, 0.05) is 6.54 Å². The summed E-state index contributed by atoms with van der Waals surface area (Å²) in [5.41, 5.74) is 1.98. The first-order valence-electron chi connectivity index (χ1n) is 5.28. The second-order valence-electron chi connectivity index (χ2n) is 3.87. The quantitative estimate of drug-likeness (QED) is 0.938. The van der Waals surface area contributed by atoms with E-state index in [1.54, 1.807) is 0 Å². The van der Waals surface area contributed by atoms with Crippen LogP contribution in [0, 0.1) is 12.1 Å². The van der Waals surface area contributed by atoms with Gasteiger partial charge in [0.1, 0.15) is 4.21 Å². The SMILES string of the molecule is Cc1ccc(CNS(=O)(=O)c2ccc(F)s2)cc1. The Bertz CT molecular complexity index is 632. The summed E-state index contributed by atoms with van der Waals surface area (Å²) >= 11 is 0.615. The summed E-state index contributed by atoms with van der Waals surface area (Å²) < 4.78 is 38.9. The van der Waals surface area contributed by atoms with Crippen molar-refractivity contribution in [1.82, 2.24) is 4.72 Å². The predicted octanol–water partition coefficient (Wildman–Crippen LogP) is 2.67. The van der Waals surface area contributed by atoms with E-state index in [0.29, 0.717) is 11.3 Å². The molecule has 0 fully saturated rings. The van der Waals surface area contributed by atoms with Gasteiger partial charge in [-0.15, -0.1) is 0 Å². The number of thiophene rings is 1. The van der Waals surface area contributed by atoms with Crippen LogP contribution in [0.1, 0.15) is 11.1 Å². The molecule has 0 saturated heterocycles. The van der Waals surface area contributed by atoms with Crippen molar-refractivity contribution in [2.75, 3.05) is 0 Å². The third-order valence-corrected chi connectivity index (χ3v) is 5.17. The molecule has 0 unspecified atom stereocenters. The van der Waals surface area contributed by atoms with E-state index in [-0.39, 0.29) is 10.8 Å². The maximum absolute atomic E-state index is 12.8. The Balaban J connectivity index is 2.08. The van der Waals surface area contributed by atoms with E-state index in [2.05, 4.69) is 4.72 Å². The van der Waals surface area contributed by atoms with Crippen LogP contribution in [0.5, 0.6) is 0 Å². The molecule has 96 valence electrons. The Kier molecular flexibility index (Phi) is 3.79. The summed E-state index contributed by atoms with van der Waals surface area (Å²) in [5.74, 6) is 0. The van der Waals surface area contributed by atoms with Gasteiger partial charge >= 0.3 is 0 Å². The predicted molar refractivity (Wildman–Crippen MR) is 69.5 cm³/mol. The number of nitrogens with one attached hydrogen (secondary N) is 1. The zero-order valence-electron chi connectivity index (χ0n) is 9.68. The Morgan fingerprint density at radius 1 is 1.17 bits per heavy atom. The van der Waals surface area contributed by atoms with E-state index in [9.17, 15) is 12.8 Å². The Morgan fingerprint density at radius 2 is 1.83 bits per heavy atom. The molecule has 0 radical (unpaired) electrons. The van der Waals surface area contributed by atoms with Gasteiger partial charge in [-0.2, -0.15) is 4.39 Å². The average molecular weight is 285 g/mol. The molecular formula is C12H12FNO2S2. The van der Waals surface area contributed by atoms with Crippen molar-refractivity contribution in [2.24, 2.45) is 0 Å². The molecule has 1 N–H and O–H groups in total. The van der Waals surface area contributed by atoms with Crippen molar-refractivity contribution in [3.8, 4) is 0 Å². The number of halogens is 1. The molecule has 0 aliphatic heterocycles. The highest BCUT2D eigenvalue weighted by Crippen LogP contribution is 2.19.